The molecule has 0 aromatic heterocycles. The second-order valence-corrected chi connectivity index (χ2v) is 29.9. The van der Waals surface area contributed by atoms with Crippen LogP contribution in [0.2, 0.25) is 0 Å². The van der Waals surface area contributed by atoms with Crippen molar-refractivity contribution in [2.75, 3.05) is 9.80 Å². The maximum atomic E-state index is 2.66. The average Bonchev–Trinajstić information content (AvgIpc) is 0.771. The number of fused-ring (bicyclic) bond motifs is 7. The third kappa shape index (κ3) is 9.65. The van der Waals surface area contributed by atoms with Crippen LogP contribution < -0.4 is 26.2 Å². The predicted octanol–water partition coefficient (Wildman–Crippen LogP) is 21.6. The van der Waals surface area contributed by atoms with Gasteiger partial charge in [0.25, 0.3) is 6.71 Å². The molecule has 0 saturated heterocycles. The zero-order chi connectivity index (χ0) is 61.4. The van der Waals surface area contributed by atoms with Crippen LogP contribution in [0.1, 0.15) is 130 Å². The van der Waals surface area contributed by atoms with Gasteiger partial charge in [0, 0.05) is 39.4 Å². The van der Waals surface area contributed by atoms with Crippen molar-refractivity contribution in [3.8, 4) is 66.8 Å². The molecular weight excluding hydrogens is 1060 g/mol. The molecule has 0 unspecified atom stereocenters. The topological polar surface area (TPSA) is 6.48 Å². The van der Waals surface area contributed by atoms with E-state index >= 15 is 0 Å². The fourth-order valence-electron chi connectivity index (χ4n) is 14.4. The van der Waals surface area contributed by atoms with E-state index in [1.807, 2.05) is 0 Å². The van der Waals surface area contributed by atoms with E-state index in [9.17, 15) is 0 Å². The summed E-state index contributed by atoms with van der Waals surface area (Å²) < 4.78 is 0. The number of para-hydroxylation sites is 1. The zero-order valence-electron chi connectivity index (χ0n) is 54.0. The molecule has 0 bridgehead atoms. The molecule has 0 saturated carbocycles. The van der Waals surface area contributed by atoms with Gasteiger partial charge in [-0.2, -0.15) is 0 Å². The highest BCUT2D eigenvalue weighted by atomic mass is 15.2. The molecule has 0 spiro atoms. The van der Waals surface area contributed by atoms with Gasteiger partial charge in [0.05, 0.1) is 5.69 Å². The molecule has 0 amide bonds. The lowest BCUT2D eigenvalue weighted by Crippen LogP contribution is -2.61. The third-order valence-corrected chi connectivity index (χ3v) is 19.4. The summed E-state index contributed by atoms with van der Waals surface area (Å²) in [5, 5.41) is 0. The van der Waals surface area contributed by atoms with Crippen molar-refractivity contribution >= 4 is 57.2 Å². The molecule has 0 fully saturated rings. The first-order valence-corrected chi connectivity index (χ1v) is 31.8. The zero-order valence-corrected chi connectivity index (χ0v) is 54.0. The highest BCUT2D eigenvalue weighted by Crippen LogP contribution is 2.54. The fraction of sp³-hybridized carbons (Fsp3) is 0.224. The Hall–Kier alpha value is -8.92. The minimum absolute atomic E-state index is 0.0702. The second-order valence-electron chi connectivity index (χ2n) is 29.9. The number of benzene rings is 11. The number of nitrogens with zero attached hydrogens (tertiary/aromatic N) is 2. The SMILES string of the molecule is CC(C)(C)c1cc(-c2cc3c4c(c2)N(c2ccccc2-c2cc(C(C)(C)C)cc(C(C)(C)C)c2)c2ccc(-c5ccccc5)cc2B4c2cc(-c4cccc5c4C(C)(C)c4ccccc4-5)ccc2N3c2ccc(-c3ccccc3)cc2)cc(C(C)(C)C)c1. The lowest BCUT2D eigenvalue weighted by atomic mass is 9.33. The maximum Gasteiger partial charge on any atom is 0.252 e. The standard InChI is InChI=1S/C85H81BN2/c1-81(2,3)62-44-59(45-63(52-62)82(4,5)6)60-50-77-80-78(51-60)88(74-35-24-22-30-67(74)61-46-64(83(7,8)9)53-65(47-61)84(10,11)12)76-42-38-57(55-28-19-16-20-29-55)48-72(76)86(80)73-49-58(68-32-25-33-70-69-31-21-23-34-71(69)85(13,14)79(68)70)39-43-75(73)87(77)66-40-36-56(37-41-66)54-26-17-15-18-27-54/h15-53H,1-14H3. The highest BCUT2D eigenvalue weighted by molar-refractivity contribution is 7.00. The summed E-state index contributed by atoms with van der Waals surface area (Å²) in [6, 6.07) is 91.1. The highest BCUT2D eigenvalue weighted by Gasteiger charge is 2.45. The fourth-order valence-corrected chi connectivity index (χ4v) is 14.4. The van der Waals surface area contributed by atoms with Crippen LogP contribution in [0.25, 0.3) is 66.8 Å². The van der Waals surface area contributed by atoms with E-state index in [-0.39, 0.29) is 33.8 Å². The van der Waals surface area contributed by atoms with E-state index < -0.39 is 0 Å². The van der Waals surface area contributed by atoms with E-state index in [0.29, 0.717) is 0 Å². The van der Waals surface area contributed by atoms with Crippen molar-refractivity contribution < 1.29 is 0 Å². The van der Waals surface area contributed by atoms with E-state index in [2.05, 4.69) is 343 Å². The van der Waals surface area contributed by atoms with Gasteiger partial charge in [-0.05, 0) is 175 Å². The first-order valence-electron chi connectivity index (χ1n) is 31.8. The van der Waals surface area contributed by atoms with Gasteiger partial charge >= 0.3 is 0 Å². The van der Waals surface area contributed by atoms with Gasteiger partial charge in [-0.25, -0.2) is 0 Å². The Labute approximate surface area is 524 Å². The first kappa shape index (κ1) is 56.9. The van der Waals surface area contributed by atoms with Gasteiger partial charge in [0.1, 0.15) is 0 Å². The van der Waals surface area contributed by atoms with Gasteiger partial charge in [-0.15, -0.1) is 0 Å². The predicted molar refractivity (Wildman–Crippen MR) is 380 cm³/mol. The van der Waals surface area contributed by atoms with Crippen LogP contribution in [0.15, 0.2) is 237 Å². The summed E-state index contributed by atoms with van der Waals surface area (Å²) in [6.07, 6.45) is 0. The van der Waals surface area contributed by atoms with Gasteiger partial charge in [0.2, 0.25) is 0 Å². The monoisotopic (exact) mass is 1140 g/mol. The Morgan fingerprint density at radius 3 is 1.28 bits per heavy atom. The van der Waals surface area contributed by atoms with Crippen LogP contribution in [-0.4, -0.2) is 6.71 Å². The normalized spacial score (nSPS) is 14.0. The van der Waals surface area contributed by atoms with Crippen molar-refractivity contribution in [1.82, 2.24) is 0 Å². The number of anilines is 6. The molecule has 11 aromatic carbocycles. The summed E-state index contributed by atoms with van der Waals surface area (Å²) >= 11 is 0. The molecule has 0 atom stereocenters. The lowest BCUT2D eigenvalue weighted by molar-refractivity contribution is 0.568. The molecule has 0 radical (unpaired) electrons. The van der Waals surface area contributed by atoms with Crippen LogP contribution in [0, 0.1) is 0 Å². The van der Waals surface area contributed by atoms with Crippen molar-refractivity contribution in [1.29, 1.82) is 0 Å². The summed E-state index contributed by atoms with van der Waals surface area (Å²) in [5.41, 5.74) is 33.3. The molecule has 2 heterocycles. The maximum absolute atomic E-state index is 2.66. The molecular formula is C85H81BN2. The molecule has 3 heteroatoms. The summed E-state index contributed by atoms with van der Waals surface area (Å²) in [7, 11) is 0. The third-order valence-electron chi connectivity index (χ3n) is 19.4. The van der Waals surface area contributed by atoms with Crippen molar-refractivity contribution in [3.05, 3.63) is 270 Å². The average molecular weight is 1140 g/mol. The summed E-state index contributed by atoms with van der Waals surface area (Å²) in [4.78, 5) is 5.27. The molecule has 2 nitrogen and oxygen atoms in total. The quantitative estimate of drug-likeness (QED) is 0.147. The van der Waals surface area contributed by atoms with E-state index in [1.54, 1.807) is 0 Å². The minimum atomic E-state index is -0.200. The van der Waals surface area contributed by atoms with Gasteiger partial charge in [-0.1, -0.05) is 291 Å². The summed E-state index contributed by atoms with van der Waals surface area (Å²) in [6.45, 7) is 32.9. The number of hydrogen-bond donors (Lipinski definition) is 0. The van der Waals surface area contributed by atoms with Crippen molar-refractivity contribution in [2.45, 2.75) is 124 Å². The number of hydrogen-bond acceptors (Lipinski definition) is 2. The molecule has 14 rings (SSSR count). The molecule has 3 aliphatic rings. The second kappa shape index (κ2) is 20.6. The van der Waals surface area contributed by atoms with Crippen LogP contribution >= 0.6 is 0 Å². The van der Waals surface area contributed by atoms with Gasteiger partial charge < -0.3 is 9.80 Å². The van der Waals surface area contributed by atoms with Gasteiger partial charge in [0.15, 0.2) is 0 Å². The summed E-state index contributed by atoms with van der Waals surface area (Å²) in [5.74, 6) is 0. The Kier molecular flexibility index (Phi) is 13.3. The van der Waals surface area contributed by atoms with Crippen LogP contribution in [0.3, 0.4) is 0 Å². The lowest BCUT2D eigenvalue weighted by Gasteiger charge is -2.45. The Morgan fingerprint density at radius 2 is 0.705 bits per heavy atom. The first-order chi connectivity index (χ1) is 41.9. The molecule has 1 aliphatic carbocycles. The Balaban J connectivity index is 1.11. The molecule has 88 heavy (non-hydrogen) atoms. The number of rotatable bonds is 7. The molecule has 0 N–H and O–H groups in total. The Bertz CT molecular complexity index is 4490. The smallest absolute Gasteiger partial charge is 0.252 e. The largest absolute Gasteiger partial charge is 0.311 e. The van der Waals surface area contributed by atoms with Crippen molar-refractivity contribution in [3.63, 3.8) is 0 Å². The van der Waals surface area contributed by atoms with E-state index in [4.69, 9.17) is 0 Å². The molecule has 11 aromatic rings. The molecule has 434 valence electrons. The minimum Gasteiger partial charge on any atom is -0.311 e. The van der Waals surface area contributed by atoms with Crippen LogP contribution in [0.4, 0.5) is 34.1 Å². The molecule has 2 aliphatic heterocycles. The Morgan fingerprint density at radius 1 is 0.284 bits per heavy atom. The van der Waals surface area contributed by atoms with E-state index in [1.165, 1.54) is 139 Å². The van der Waals surface area contributed by atoms with Crippen molar-refractivity contribution in [2.24, 2.45) is 0 Å². The van der Waals surface area contributed by atoms with Crippen LogP contribution in [-0.2, 0) is 27.1 Å². The van der Waals surface area contributed by atoms with E-state index in [0.717, 1.165) is 11.4 Å². The van der Waals surface area contributed by atoms with Crippen LogP contribution in [0.5, 0.6) is 0 Å². The van der Waals surface area contributed by atoms with Gasteiger partial charge in [-0.3, -0.25) is 0 Å².